The van der Waals surface area contributed by atoms with E-state index in [1.165, 1.54) is 3.88 Å². The molecule has 0 aromatic heterocycles. The molecule has 0 saturated carbocycles. The van der Waals surface area contributed by atoms with Gasteiger partial charge in [-0.05, 0) is 0 Å². The predicted octanol–water partition coefficient (Wildman–Crippen LogP) is 3.07. The maximum atomic E-state index is 2.20. The minimum absolute atomic E-state index is 0. The molecular weight excluding hydrogens is 179 g/mol. The summed E-state index contributed by atoms with van der Waals surface area (Å²) in [6.07, 6.45) is 6.47. The van der Waals surface area contributed by atoms with Crippen LogP contribution < -0.4 is 0 Å². The van der Waals surface area contributed by atoms with E-state index in [4.69, 9.17) is 0 Å². The van der Waals surface area contributed by atoms with Crippen LogP contribution in [0, 0.1) is 5.92 Å². The summed E-state index contributed by atoms with van der Waals surface area (Å²) in [7, 11) is 0. The van der Waals surface area contributed by atoms with E-state index in [-0.39, 0.29) is 12.4 Å². The van der Waals surface area contributed by atoms with Gasteiger partial charge in [0.15, 0.2) is 0 Å². The zero-order valence-electron chi connectivity index (χ0n) is 6.72. The Morgan fingerprint density at radius 1 is 1.40 bits per heavy atom. The maximum Gasteiger partial charge on any atom is -0.147 e. The van der Waals surface area contributed by atoms with Crippen LogP contribution in [0.1, 0.15) is 20.8 Å². The quantitative estimate of drug-likeness (QED) is 0.519. The molecule has 0 aliphatic heterocycles. The first-order valence-corrected chi connectivity index (χ1v) is 4.19. The molecule has 1 aliphatic carbocycles. The van der Waals surface area contributed by atoms with Crippen molar-refractivity contribution in [1.29, 1.82) is 0 Å². The molecule has 0 fully saturated rings. The van der Waals surface area contributed by atoms with Crippen molar-refractivity contribution in [2.75, 3.05) is 0 Å². The molecule has 0 aromatic rings. The number of allylic oxidation sites excluding steroid dienone is 4. The Bertz CT molecular complexity index is 127. The molecule has 57 valence electrons. The van der Waals surface area contributed by atoms with E-state index in [9.17, 15) is 0 Å². The second-order valence-electron chi connectivity index (χ2n) is 1.80. The molecule has 0 aromatic carbocycles. The summed E-state index contributed by atoms with van der Waals surface area (Å²) in [5, 5.41) is 0. The van der Waals surface area contributed by atoms with E-state index in [1.54, 1.807) is 0 Å². The summed E-state index contributed by atoms with van der Waals surface area (Å²) in [6, 6.07) is 0. The Labute approximate surface area is 81.6 Å². The Morgan fingerprint density at radius 3 is 2.00 bits per heavy atom. The SMILES string of the molecule is CC.CC1C=CC=[C]1[Ti].Cl. The molecule has 0 saturated heterocycles. The first-order chi connectivity index (χ1) is 4.30. The van der Waals surface area contributed by atoms with Gasteiger partial charge in [0.05, 0.1) is 0 Å². The van der Waals surface area contributed by atoms with Crippen molar-refractivity contribution >= 4 is 12.4 Å². The van der Waals surface area contributed by atoms with Crippen LogP contribution in [0.5, 0.6) is 0 Å². The summed E-state index contributed by atoms with van der Waals surface area (Å²) in [5.41, 5.74) is 0. The van der Waals surface area contributed by atoms with Gasteiger partial charge in [0.2, 0.25) is 0 Å². The number of hydrogen-bond donors (Lipinski definition) is 0. The fraction of sp³-hybridized carbons (Fsp3) is 0.500. The first kappa shape index (κ1) is 13.1. The smallest absolute Gasteiger partial charge is 0.147 e. The van der Waals surface area contributed by atoms with E-state index >= 15 is 0 Å². The molecule has 0 nitrogen and oxygen atoms in total. The molecule has 1 unspecified atom stereocenters. The molecule has 0 bridgehead atoms. The minimum Gasteiger partial charge on any atom is -0.147 e. The Balaban J connectivity index is 0. The molecule has 1 atom stereocenters. The molecule has 1 rings (SSSR count). The molecule has 0 N–H and O–H groups in total. The largest absolute Gasteiger partial charge is 0.147 e. The van der Waals surface area contributed by atoms with Crippen molar-refractivity contribution in [2.24, 2.45) is 5.92 Å². The fourth-order valence-electron chi connectivity index (χ4n) is 0.581. The van der Waals surface area contributed by atoms with Gasteiger partial charge in [-0.25, -0.2) is 0 Å². The van der Waals surface area contributed by atoms with Gasteiger partial charge in [-0.3, -0.25) is 0 Å². The number of halogens is 1. The van der Waals surface area contributed by atoms with Gasteiger partial charge in [-0.1, -0.05) is 13.8 Å². The third kappa shape index (κ3) is 4.32. The Kier molecular flexibility index (Phi) is 9.94. The molecule has 0 radical (unpaired) electrons. The fourth-order valence-corrected chi connectivity index (χ4v) is 0.882. The predicted molar refractivity (Wildman–Crippen MR) is 45.0 cm³/mol. The van der Waals surface area contributed by atoms with Crippen LogP contribution in [0.15, 0.2) is 22.1 Å². The third-order valence-electron chi connectivity index (χ3n) is 1.17. The van der Waals surface area contributed by atoms with Crippen LogP contribution in [0.3, 0.4) is 0 Å². The van der Waals surface area contributed by atoms with E-state index in [1.807, 2.05) is 13.8 Å². The van der Waals surface area contributed by atoms with Gasteiger partial charge in [-0.2, -0.15) is 0 Å². The Morgan fingerprint density at radius 2 is 1.90 bits per heavy atom. The second-order valence-corrected chi connectivity index (χ2v) is 2.70. The monoisotopic (exact) mass is 193 g/mol. The van der Waals surface area contributed by atoms with E-state index in [0.717, 1.165) is 0 Å². The van der Waals surface area contributed by atoms with Crippen molar-refractivity contribution in [1.82, 2.24) is 0 Å². The number of hydrogen-bond acceptors (Lipinski definition) is 0. The summed E-state index contributed by atoms with van der Waals surface area (Å²) in [5.74, 6) is 0.694. The zero-order valence-corrected chi connectivity index (χ0v) is 9.10. The van der Waals surface area contributed by atoms with Crippen molar-refractivity contribution < 1.29 is 20.4 Å². The third-order valence-corrected chi connectivity index (χ3v) is 2.14. The number of rotatable bonds is 0. The maximum absolute atomic E-state index is 2.20. The van der Waals surface area contributed by atoms with Gasteiger partial charge in [0.1, 0.15) is 0 Å². The summed E-state index contributed by atoms with van der Waals surface area (Å²) in [4.78, 5) is 0. The molecule has 0 heterocycles. The van der Waals surface area contributed by atoms with E-state index in [2.05, 4.69) is 45.6 Å². The zero-order chi connectivity index (χ0) is 7.28. The molecule has 1 aliphatic rings. The van der Waals surface area contributed by atoms with Crippen molar-refractivity contribution in [3.8, 4) is 0 Å². The molecule has 0 spiro atoms. The molecule has 2 heteroatoms. The van der Waals surface area contributed by atoms with Crippen molar-refractivity contribution in [3.63, 3.8) is 0 Å². The van der Waals surface area contributed by atoms with Gasteiger partial charge < -0.3 is 0 Å². The van der Waals surface area contributed by atoms with Crippen LogP contribution in [0.25, 0.3) is 0 Å². The van der Waals surface area contributed by atoms with Gasteiger partial charge in [-0.15, -0.1) is 12.4 Å². The average Bonchev–Trinajstić information content (AvgIpc) is 2.23. The summed E-state index contributed by atoms with van der Waals surface area (Å²) < 4.78 is 1.47. The molecule has 10 heavy (non-hydrogen) atoms. The summed E-state index contributed by atoms with van der Waals surface area (Å²) >= 11 is 2.16. The van der Waals surface area contributed by atoms with E-state index in [0.29, 0.717) is 5.92 Å². The average molecular weight is 194 g/mol. The van der Waals surface area contributed by atoms with Crippen molar-refractivity contribution in [3.05, 3.63) is 22.1 Å². The topological polar surface area (TPSA) is 0 Å². The van der Waals surface area contributed by atoms with Crippen LogP contribution in [-0.4, -0.2) is 0 Å². The van der Waals surface area contributed by atoms with Crippen LogP contribution in [0.2, 0.25) is 0 Å². The van der Waals surface area contributed by atoms with Gasteiger partial charge in [0, 0.05) is 0 Å². The normalized spacial score (nSPS) is 20.2. The van der Waals surface area contributed by atoms with E-state index < -0.39 is 0 Å². The van der Waals surface area contributed by atoms with Gasteiger partial charge >= 0.3 is 55.4 Å². The molecular formula is C8H14ClTi. The van der Waals surface area contributed by atoms with Crippen LogP contribution >= 0.6 is 12.4 Å². The summed E-state index contributed by atoms with van der Waals surface area (Å²) in [6.45, 7) is 6.20. The second kappa shape index (κ2) is 7.59. The van der Waals surface area contributed by atoms with Crippen LogP contribution in [0.4, 0.5) is 0 Å². The van der Waals surface area contributed by atoms with Gasteiger partial charge in [0.25, 0.3) is 0 Å². The Hall–Kier alpha value is 0.484. The first-order valence-electron chi connectivity index (χ1n) is 3.40. The minimum atomic E-state index is 0. The van der Waals surface area contributed by atoms with Crippen molar-refractivity contribution in [2.45, 2.75) is 20.8 Å². The van der Waals surface area contributed by atoms with Crippen LogP contribution in [-0.2, 0) is 20.4 Å². The molecule has 0 amide bonds. The standard InChI is InChI=1S/C6H7.C2H6.ClH.Ti/c1-6-4-2-3-5-6;1-2;;/h2-4,6H,1H3;1-2H3;1H;.